The minimum absolute atomic E-state index is 0. The van der Waals surface area contributed by atoms with E-state index in [4.69, 9.17) is 0 Å². The third-order valence-electron chi connectivity index (χ3n) is 3.59. The monoisotopic (exact) mass is 394 g/mol. The summed E-state index contributed by atoms with van der Waals surface area (Å²) in [7, 11) is -0.239. The van der Waals surface area contributed by atoms with Crippen molar-refractivity contribution in [3.8, 4) is 0 Å². The van der Waals surface area contributed by atoms with Crippen LogP contribution in [0, 0.1) is 0 Å². The van der Waals surface area contributed by atoms with Crippen molar-refractivity contribution < 1.29 is 57.7 Å². The number of hydrogen-bond acceptors (Lipinski definition) is 0. The van der Waals surface area contributed by atoms with Crippen LogP contribution in [0.15, 0.2) is 51.1 Å². The largest absolute Gasteiger partial charge is 1.00 e. The Hall–Kier alpha value is 0.501. The Morgan fingerprint density at radius 3 is 2.33 bits per heavy atom. The first-order valence-corrected chi connectivity index (χ1v) is 9.17. The molecule has 114 valence electrons. The number of rotatable bonds is 6. The molecule has 5 heteroatoms. The van der Waals surface area contributed by atoms with Gasteiger partial charge in [0.05, 0.1) is 0 Å². The molecular weight excluding hydrogens is 374 g/mol. The zero-order valence-electron chi connectivity index (χ0n) is 12.3. The van der Waals surface area contributed by atoms with E-state index in [0.717, 1.165) is 0 Å². The summed E-state index contributed by atoms with van der Waals surface area (Å²) >= 11 is 2.34. The summed E-state index contributed by atoms with van der Waals surface area (Å²) in [6.45, 7) is 2.28. The van der Waals surface area contributed by atoms with Crippen LogP contribution in [0.4, 0.5) is 0 Å². The summed E-state index contributed by atoms with van der Waals surface area (Å²) in [5.41, 5.74) is 1.71. The predicted molar refractivity (Wildman–Crippen MR) is 78.5 cm³/mol. The van der Waals surface area contributed by atoms with E-state index in [9.17, 15) is 0 Å². The van der Waals surface area contributed by atoms with Crippen LogP contribution >= 0.6 is 0 Å². The van der Waals surface area contributed by atoms with E-state index in [1.165, 1.54) is 32.1 Å². The maximum atomic E-state index is 2.50. The zero-order chi connectivity index (χ0) is 12.8. The number of benzene rings is 1. The molecule has 0 saturated carbocycles. The Bertz CT molecular complexity index is 458. The summed E-state index contributed by atoms with van der Waals surface area (Å²) in [4.78, 5) is 0. The van der Waals surface area contributed by atoms with Crippen LogP contribution in [0.25, 0.3) is 0 Å². The van der Waals surface area contributed by atoms with Gasteiger partial charge in [0.25, 0.3) is 0 Å². The molecule has 0 atom stereocenters. The summed E-state index contributed by atoms with van der Waals surface area (Å²) in [5.74, 6) is 0. The number of allylic oxidation sites excluding steroid dienone is 4. The predicted octanol–water partition coefficient (Wildman–Crippen LogP) is -5.84. The van der Waals surface area contributed by atoms with Crippen LogP contribution in [0.3, 0.4) is 0 Å². The van der Waals surface area contributed by atoms with Gasteiger partial charge >= 0.3 is 125 Å². The second-order valence-corrected chi connectivity index (χ2v) is 7.74. The van der Waals surface area contributed by atoms with Crippen molar-refractivity contribution in [3.05, 3.63) is 51.1 Å². The fourth-order valence-electron chi connectivity index (χ4n) is 2.47. The molecule has 1 aromatic rings. The van der Waals surface area contributed by atoms with Gasteiger partial charge in [0.15, 0.2) is 0 Å². The van der Waals surface area contributed by atoms with Gasteiger partial charge in [0.1, 0.15) is 0 Å². The van der Waals surface area contributed by atoms with Gasteiger partial charge in [-0.15, -0.1) is 0 Å². The van der Waals surface area contributed by atoms with E-state index in [2.05, 4.69) is 63.8 Å². The maximum Gasteiger partial charge on any atom is -1.00 e. The second-order valence-electron chi connectivity index (χ2n) is 5.03. The van der Waals surface area contributed by atoms with Crippen LogP contribution < -0.4 is 42.4 Å². The average molecular weight is 396 g/mol. The molecular formula is C16H21Cl3SiTi. The van der Waals surface area contributed by atoms with Crippen molar-refractivity contribution in [1.82, 2.24) is 0 Å². The molecule has 0 aromatic heterocycles. The van der Waals surface area contributed by atoms with E-state index in [0.29, 0.717) is 0 Å². The molecule has 0 spiro atoms. The van der Waals surface area contributed by atoms with Crippen LogP contribution in [0.2, 0.25) is 0 Å². The van der Waals surface area contributed by atoms with Crippen LogP contribution in [-0.4, -0.2) is 9.52 Å². The molecule has 1 aliphatic rings. The third-order valence-corrected chi connectivity index (χ3v) is 7.10. The van der Waals surface area contributed by atoms with Crippen molar-refractivity contribution in [2.75, 3.05) is 0 Å². The van der Waals surface area contributed by atoms with Crippen molar-refractivity contribution in [2.45, 2.75) is 39.0 Å². The molecule has 1 aliphatic carbocycles. The van der Waals surface area contributed by atoms with Gasteiger partial charge < -0.3 is 37.2 Å². The van der Waals surface area contributed by atoms with Crippen molar-refractivity contribution in [1.29, 1.82) is 0 Å². The fourth-order valence-corrected chi connectivity index (χ4v) is 5.06. The third kappa shape index (κ3) is 7.54. The van der Waals surface area contributed by atoms with Crippen LogP contribution in [0.5, 0.6) is 0 Å². The molecule has 0 unspecified atom stereocenters. The summed E-state index contributed by atoms with van der Waals surface area (Å²) in [6.07, 6.45) is 9.12. The molecule has 0 bridgehead atoms. The Kier molecular flexibility index (Phi) is 14.7. The Balaban J connectivity index is 0. The average Bonchev–Trinajstić information content (AvgIpc) is 2.73. The van der Waals surface area contributed by atoms with E-state index in [1.807, 2.05) is 0 Å². The van der Waals surface area contributed by atoms with Gasteiger partial charge in [-0.3, -0.25) is 0 Å². The van der Waals surface area contributed by atoms with Gasteiger partial charge in [-0.2, -0.15) is 0 Å². The summed E-state index contributed by atoms with van der Waals surface area (Å²) in [5, 5.41) is 3.26. The van der Waals surface area contributed by atoms with E-state index >= 15 is 0 Å². The van der Waals surface area contributed by atoms with Gasteiger partial charge in [0.2, 0.25) is 0 Å². The van der Waals surface area contributed by atoms with Crippen LogP contribution in [-0.2, 0) is 20.4 Å². The van der Waals surface area contributed by atoms with E-state index < -0.39 is 0 Å². The van der Waals surface area contributed by atoms with Gasteiger partial charge in [0, 0.05) is 0 Å². The molecule has 0 radical (unpaired) electrons. The molecule has 0 nitrogen and oxygen atoms in total. The van der Waals surface area contributed by atoms with E-state index in [-0.39, 0.29) is 46.7 Å². The molecule has 0 amide bonds. The first kappa shape index (κ1) is 23.8. The smallest absolute Gasteiger partial charge is 1.00 e. The maximum absolute atomic E-state index is 2.50. The standard InChI is InChI=1S/C16H21Si.3ClH.Ti/c1-2-3-5-8-14-11-12-16(13-14)17-15-9-6-4-7-10-15;;;;/h4,6-7,9-10,12H,2-3,5,8,11,17H2,1H3;3*1H;/q;;;;+3/p-3. The Morgan fingerprint density at radius 1 is 1.05 bits per heavy atom. The first-order valence-electron chi connectivity index (χ1n) is 6.98. The van der Waals surface area contributed by atoms with Gasteiger partial charge in [-0.05, 0) is 0 Å². The van der Waals surface area contributed by atoms with Crippen LogP contribution in [0.1, 0.15) is 39.0 Å². The normalized spacial score (nSPS) is 13.6. The second kappa shape index (κ2) is 13.0. The molecule has 0 heterocycles. The molecule has 0 N–H and O–H groups in total. The van der Waals surface area contributed by atoms with Gasteiger partial charge in [-0.25, -0.2) is 0 Å². The zero-order valence-corrected chi connectivity index (χ0v) is 17.6. The minimum atomic E-state index is -0.239. The Labute approximate surface area is 161 Å². The Morgan fingerprint density at radius 2 is 1.71 bits per heavy atom. The van der Waals surface area contributed by atoms with Crippen molar-refractivity contribution in [2.24, 2.45) is 0 Å². The van der Waals surface area contributed by atoms with Gasteiger partial charge in [-0.1, -0.05) is 0 Å². The molecule has 1 aromatic carbocycles. The summed E-state index contributed by atoms with van der Waals surface area (Å²) < 4.78 is 1.63. The quantitative estimate of drug-likeness (QED) is 0.333. The number of halogens is 3. The number of unbranched alkanes of at least 4 members (excludes halogenated alkanes) is 2. The molecule has 2 rings (SSSR count). The molecule has 0 aliphatic heterocycles. The minimum Gasteiger partial charge on any atom is -1.00 e. The molecule has 21 heavy (non-hydrogen) atoms. The first-order chi connectivity index (χ1) is 8.81. The van der Waals surface area contributed by atoms with Crippen molar-refractivity contribution in [3.63, 3.8) is 0 Å². The van der Waals surface area contributed by atoms with Crippen molar-refractivity contribution >= 4 is 14.7 Å². The molecule has 0 fully saturated rings. The summed E-state index contributed by atoms with van der Waals surface area (Å²) in [6, 6.07) is 11.0. The molecule has 0 saturated heterocycles. The SMILES string of the molecule is CCCCCC1=[C]([Ti+3])C([SiH2]c2ccccc2)=CC1.[Cl-].[Cl-].[Cl-]. The topological polar surface area (TPSA) is 0 Å². The fraction of sp³-hybridized carbons (Fsp3) is 0.375. The van der Waals surface area contributed by atoms with E-state index in [1.54, 1.807) is 19.8 Å². The number of hydrogen-bond donors (Lipinski definition) is 0.